The Balaban J connectivity index is 2.58. The second-order valence-electron chi connectivity index (χ2n) is 4.40. The Bertz CT molecular complexity index is 393. The van der Waals surface area contributed by atoms with E-state index in [0.717, 1.165) is 6.42 Å². The van der Waals surface area contributed by atoms with Crippen molar-refractivity contribution < 1.29 is 19.7 Å². The molecule has 1 heterocycles. The Labute approximate surface area is 94.4 Å². The Hall–Kier alpha value is -1.42. The van der Waals surface area contributed by atoms with Crippen molar-refractivity contribution in [3.05, 3.63) is 17.7 Å². The summed E-state index contributed by atoms with van der Waals surface area (Å²) in [6.07, 6.45) is 0.792. The second kappa shape index (κ2) is 3.87. The lowest BCUT2D eigenvalue weighted by Crippen LogP contribution is -2.17. The van der Waals surface area contributed by atoms with Crippen LogP contribution in [0.2, 0.25) is 0 Å². The van der Waals surface area contributed by atoms with Crippen molar-refractivity contribution in [1.82, 2.24) is 0 Å². The van der Waals surface area contributed by atoms with Gasteiger partial charge < -0.3 is 19.7 Å². The minimum Gasteiger partial charge on any atom is -0.507 e. The molecule has 1 aliphatic heterocycles. The zero-order valence-corrected chi connectivity index (χ0v) is 9.49. The first-order chi connectivity index (χ1) is 7.50. The Morgan fingerprint density at radius 2 is 1.88 bits per heavy atom. The summed E-state index contributed by atoms with van der Waals surface area (Å²) in [6, 6.07) is 3.17. The van der Waals surface area contributed by atoms with E-state index in [1.807, 2.05) is 0 Å². The molecule has 4 heteroatoms. The standard InChI is InChI=1S/C12H16O4/c1-12(2,14)10-8(13)4-5-9-11(10)16-7-3-6-15-9/h4-5,13-14H,3,6-7H2,1-2H3. The summed E-state index contributed by atoms with van der Waals surface area (Å²) in [5, 5.41) is 19.8. The van der Waals surface area contributed by atoms with Gasteiger partial charge in [-0.1, -0.05) is 0 Å². The van der Waals surface area contributed by atoms with Gasteiger partial charge in [0.2, 0.25) is 0 Å². The number of benzene rings is 1. The monoisotopic (exact) mass is 224 g/mol. The maximum Gasteiger partial charge on any atom is 0.170 e. The van der Waals surface area contributed by atoms with Crippen LogP contribution in [0.1, 0.15) is 25.8 Å². The summed E-state index contributed by atoms with van der Waals surface area (Å²) >= 11 is 0. The molecule has 0 unspecified atom stereocenters. The van der Waals surface area contributed by atoms with Gasteiger partial charge in [-0.2, -0.15) is 0 Å². The molecule has 1 aliphatic rings. The number of hydrogen-bond donors (Lipinski definition) is 2. The van der Waals surface area contributed by atoms with Crippen molar-refractivity contribution in [3.8, 4) is 17.2 Å². The first kappa shape index (κ1) is 11.1. The number of phenols is 1. The average Bonchev–Trinajstić information content (AvgIpc) is 2.40. The van der Waals surface area contributed by atoms with Crippen LogP contribution in [0.5, 0.6) is 17.2 Å². The molecule has 0 atom stereocenters. The topological polar surface area (TPSA) is 58.9 Å². The molecule has 16 heavy (non-hydrogen) atoms. The molecule has 0 saturated carbocycles. The molecule has 0 radical (unpaired) electrons. The van der Waals surface area contributed by atoms with E-state index >= 15 is 0 Å². The van der Waals surface area contributed by atoms with Gasteiger partial charge in [-0.25, -0.2) is 0 Å². The van der Waals surface area contributed by atoms with Gasteiger partial charge >= 0.3 is 0 Å². The van der Waals surface area contributed by atoms with Crippen LogP contribution in [-0.2, 0) is 5.60 Å². The largest absolute Gasteiger partial charge is 0.507 e. The van der Waals surface area contributed by atoms with E-state index in [-0.39, 0.29) is 5.75 Å². The lowest BCUT2D eigenvalue weighted by atomic mass is 9.96. The van der Waals surface area contributed by atoms with E-state index < -0.39 is 5.60 Å². The highest BCUT2D eigenvalue weighted by atomic mass is 16.5. The highest BCUT2D eigenvalue weighted by Crippen LogP contribution is 2.43. The zero-order valence-electron chi connectivity index (χ0n) is 9.49. The van der Waals surface area contributed by atoms with Crippen molar-refractivity contribution in [2.24, 2.45) is 0 Å². The van der Waals surface area contributed by atoms with Crippen LogP contribution >= 0.6 is 0 Å². The molecule has 0 fully saturated rings. The molecule has 0 aromatic heterocycles. The fourth-order valence-corrected chi connectivity index (χ4v) is 1.82. The van der Waals surface area contributed by atoms with E-state index in [0.29, 0.717) is 30.3 Å². The highest BCUT2D eigenvalue weighted by Gasteiger charge is 2.28. The maximum absolute atomic E-state index is 10.0. The second-order valence-corrected chi connectivity index (χ2v) is 4.40. The van der Waals surface area contributed by atoms with Gasteiger partial charge in [0.1, 0.15) is 5.75 Å². The van der Waals surface area contributed by atoms with Gasteiger partial charge in [0.25, 0.3) is 0 Å². The van der Waals surface area contributed by atoms with Gasteiger partial charge in [-0.15, -0.1) is 0 Å². The first-order valence-corrected chi connectivity index (χ1v) is 5.34. The molecule has 2 N–H and O–H groups in total. The lowest BCUT2D eigenvalue weighted by molar-refractivity contribution is 0.0718. The molecule has 0 saturated heterocycles. The predicted octanol–water partition coefficient (Wildman–Crippen LogP) is 1.78. The number of ether oxygens (including phenoxy) is 2. The van der Waals surface area contributed by atoms with Gasteiger partial charge in [0, 0.05) is 6.42 Å². The predicted molar refractivity (Wildman–Crippen MR) is 59.0 cm³/mol. The molecule has 2 rings (SSSR count). The highest BCUT2D eigenvalue weighted by molar-refractivity contribution is 5.55. The summed E-state index contributed by atoms with van der Waals surface area (Å²) in [5.74, 6) is 1.05. The number of aromatic hydroxyl groups is 1. The molecule has 0 bridgehead atoms. The van der Waals surface area contributed by atoms with Crippen molar-refractivity contribution in [2.45, 2.75) is 25.9 Å². The fourth-order valence-electron chi connectivity index (χ4n) is 1.82. The molecule has 1 aromatic rings. The minimum atomic E-state index is -1.16. The van der Waals surface area contributed by atoms with Crippen LogP contribution in [-0.4, -0.2) is 23.4 Å². The summed E-state index contributed by atoms with van der Waals surface area (Å²) in [4.78, 5) is 0. The number of rotatable bonds is 1. The SMILES string of the molecule is CC(C)(O)c1c(O)ccc2c1OCCCO2. The quantitative estimate of drug-likeness (QED) is 0.763. The molecule has 0 spiro atoms. The molecule has 4 nitrogen and oxygen atoms in total. The van der Waals surface area contributed by atoms with E-state index in [2.05, 4.69) is 0 Å². The number of fused-ring (bicyclic) bond motifs is 1. The minimum absolute atomic E-state index is 0.0248. The van der Waals surface area contributed by atoms with Gasteiger partial charge in [-0.3, -0.25) is 0 Å². The van der Waals surface area contributed by atoms with Crippen LogP contribution in [0.15, 0.2) is 12.1 Å². The summed E-state index contributed by atoms with van der Waals surface area (Å²) in [6.45, 7) is 4.33. The van der Waals surface area contributed by atoms with Crippen LogP contribution in [0.25, 0.3) is 0 Å². The average molecular weight is 224 g/mol. The number of phenolic OH excluding ortho intramolecular Hbond substituents is 1. The van der Waals surface area contributed by atoms with Gasteiger partial charge in [-0.05, 0) is 26.0 Å². The van der Waals surface area contributed by atoms with E-state index in [1.165, 1.54) is 6.07 Å². The summed E-state index contributed by atoms with van der Waals surface area (Å²) < 4.78 is 11.0. The molecule has 88 valence electrons. The third-order valence-corrected chi connectivity index (χ3v) is 2.50. The van der Waals surface area contributed by atoms with Crippen LogP contribution < -0.4 is 9.47 Å². The molecular weight excluding hydrogens is 208 g/mol. The summed E-state index contributed by atoms with van der Waals surface area (Å²) in [5.41, 5.74) is -0.782. The normalized spacial score (nSPS) is 15.7. The zero-order chi connectivity index (χ0) is 11.8. The Morgan fingerprint density at radius 3 is 2.56 bits per heavy atom. The van der Waals surface area contributed by atoms with Crippen molar-refractivity contribution >= 4 is 0 Å². The molecule has 0 aliphatic carbocycles. The number of hydrogen-bond acceptors (Lipinski definition) is 4. The van der Waals surface area contributed by atoms with Crippen LogP contribution in [0.3, 0.4) is 0 Å². The third-order valence-electron chi connectivity index (χ3n) is 2.50. The summed E-state index contributed by atoms with van der Waals surface area (Å²) in [7, 11) is 0. The number of aliphatic hydroxyl groups is 1. The molecule has 1 aromatic carbocycles. The molecular formula is C12H16O4. The van der Waals surface area contributed by atoms with Crippen LogP contribution in [0.4, 0.5) is 0 Å². The van der Waals surface area contributed by atoms with Gasteiger partial charge in [0.15, 0.2) is 11.5 Å². The maximum atomic E-state index is 10.0. The first-order valence-electron chi connectivity index (χ1n) is 5.34. The fraction of sp³-hybridized carbons (Fsp3) is 0.500. The molecule has 0 amide bonds. The van der Waals surface area contributed by atoms with Crippen LogP contribution in [0, 0.1) is 0 Å². The Morgan fingerprint density at radius 1 is 1.19 bits per heavy atom. The lowest BCUT2D eigenvalue weighted by Gasteiger charge is -2.23. The van der Waals surface area contributed by atoms with E-state index in [4.69, 9.17) is 9.47 Å². The van der Waals surface area contributed by atoms with Crippen molar-refractivity contribution in [1.29, 1.82) is 0 Å². The van der Waals surface area contributed by atoms with Crippen molar-refractivity contribution in [3.63, 3.8) is 0 Å². The Kier molecular flexibility index (Phi) is 2.68. The van der Waals surface area contributed by atoms with E-state index in [1.54, 1.807) is 19.9 Å². The smallest absolute Gasteiger partial charge is 0.170 e. The van der Waals surface area contributed by atoms with Crippen molar-refractivity contribution in [2.75, 3.05) is 13.2 Å². The van der Waals surface area contributed by atoms with Gasteiger partial charge in [0.05, 0.1) is 24.4 Å². The van der Waals surface area contributed by atoms with E-state index in [9.17, 15) is 10.2 Å². The third kappa shape index (κ3) is 1.93.